The molecule has 0 aromatic heterocycles. The van der Waals surface area contributed by atoms with Gasteiger partial charge in [0.2, 0.25) is 5.91 Å². The first-order chi connectivity index (χ1) is 11.4. The summed E-state index contributed by atoms with van der Waals surface area (Å²) in [5.41, 5.74) is 1.02. The molecule has 1 saturated heterocycles. The minimum atomic E-state index is -3.69. The average molecular weight is 366 g/mol. The monoisotopic (exact) mass is 365 g/mol. The number of carbonyl (C=O) groups excluding carboxylic acids is 1. The normalized spacial score (nSPS) is 22.6. The lowest BCUT2D eigenvalue weighted by molar-refractivity contribution is -0.117. The molecule has 0 N–H and O–H groups in total. The maximum atomic E-state index is 12.8. The van der Waals surface area contributed by atoms with Crippen LogP contribution in [0.5, 0.6) is 5.75 Å². The van der Waals surface area contributed by atoms with Crippen molar-refractivity contribution >= 4 is 33.0 Å². The Morgan fingerprint density at radius 1 is 1.04 bits per heavy atom. The molecule has 0 spiro atoms. The van der Waals surface area contributed by atoms with Gasteiger partial charge in [-0.2, -0.15) is 0 Å². The standard InChI is InChI=1S/C17H16ClNO4S/c1-11-16(20)19(14-7-5-13(18)6-8-14)17(24(11,21)22)12-3-9-15(23-2)10-4-12/h3-11,17H,1-2H3/t11-,17+/m0/s1. The molecule has 1 aliphatic rings. The first-order valence-corrected chi connectivity index (χ1v) is 9.30. The lowest BCUT2D eigenvalue weighted by atomic mass is 10.1. The van der Waals surface area contributed by atoms with Crippen LogP contribution in [-0.2, 0) is 14.6 Å². The highest BCUT2D eigenvalue weighted by molar-refractivity contribution is 7.93. The van der Waals surface area contributed by atoms with Gasteiger partial charge >= 0.3 is 0 Å². The number of ether oxygens (including phenoxy) is 1. The fraction of sp³-hybridized carbons (Fsp3) is 0.235. The lowest BCUT2D eigenvalue weighted by Gasteiger charge is -2.24. The maximum absolute atomic E-state index is 12.8. The molecule has 5 nitrogen and oxygen atoms in total. The Balaban J connectivity index is 2.13. The molecule has 0 radical (unpaired) electrons. The van der Waals surface area contributed by atoms with E-state index in [1.807, 2.05) is 0 Å². The quantitative estimate of drug-likeness (QED) is 0.837. The van der Waals surface area contributed by atoms with Crippen molar-refractivity contribution < 1.29 is 17.9 Å². The summed E-state index contributed by atoms with van der Waals surface area (Å²) >= 11 is 5.89. The zero-order chi connectivity index (χ0) is 17.5. The number of amides is 1. The zero-order valence-corrected chi connectivity index (χ0v) is 14.7. The van der Waals surface area contributed by atoms with Crippen LogP contribution in [0.25, 0.3) is 0 Å². The number of carbonyl (C=O) groups is 1. The molecule has 7 heteroatoms. The van der Waals surface area contributed by atoms with E-state index < -0.39 is 26.4 Å². The number of sulfone groups is 1. The van der Waals surface area contributed by atoms with Crippen molar-refractivity contribution in [3.63, 3.8) is 0 Å². The molecule has 1 amide bonds. The third kappa shape index (κ3) is 2.65. The molecule has 0 aliphatic carbocycles. The van der Waals surface area contributed by atoms with Crippen molar-refractivity contribution in [1.29, 1.82) is 0 Å². The Morgan fingerprint density at radius 2 is 1.62 bits per heavy atom. The third-order valence-electron chi connectivity index (χ3n) is 4.13. The largest absolute Gasteiger partial charge is 0.497 e. The van der Waals surface area contributed by atoms with E-state index in [-0.39, 0.29) is 0 Å². The van der Waals surface area contributed by atoms with E-state index in [0.717, 1.165) is 0 Å². The van der Waals surface area contributed by atoms with Crippen molar-refractivity contribution in [3.8, 4) is 5.75 Å². The van der Waals surface area contributed by atoms with E-state index in [1.165, 1.54) is 18.9 Å². The summed E-state index contributed by atoms with van der Waals surface area (Å²) in [7, 11) is -2.16. The van der Waals surface area contributed by atoms with Crippen LogP contribution in [-0.4, -0.2) is 26.7 Å². The van der Waals surface area contributed by atoms with Crippen molar-refractivity contribution in [2.24, 2.45) is 0 Å². The first kappa shape index (κ1) is 16.8. The number of hydrogen-bond donors (Lipinski definition) is 0. The number of nitrogens with zero attached hydrogens (tertiary/aromatic N) is 1. The van der Waals surface area contributed by atoms with E-state index in [9.17, 15) is 13.2 Å². The molecular formula is C17H16ClNO4S. The van der Waals surface area contributed by atoms with Crippen molar-refractivity contribution in [1.82, 2.24) is 0 Å². The van der Waals surface area contributed by atoms with Gasteiger partial charge in [-0.3, -0.25) is 9.69 Å². The topological polar surface area (TPSA) is 63.7 Å². The molecule has 0 saturated carbocycles. The van der Waals surface area contributed by atoms with Gasteiger partial charge in [-0.15, -0.1) is 0 Å². The molecule has 2 aromatic carbocycles. The molecule has 1 aliphatic heterocycles. The van der Waals surface area contributed by atoms with Crippen LogP contribution in [0.4, 0.5) is 5.69 Å². The number of benzene rings is 2. The highest BCUT2D eigenvalue weighted by atomic mass is 35.5. The van der Waals surface area contributed by atoms with Crippen LogP contribution >= 0.6 is 11.6 Å². The Bertz CT molecular complexity index is 862. The van der Waals surface area contributed by atoms with E-state index in [2.05, 4.69) is 0 Å². The van der Waals surface area contributed by atoms with Crippen LogP contribution < -0.4 is 9.64 Å². The number of halogens is 1. The second kappa shape index (κ2) is 6.11. The number of rotatable bonds is 3. The third-order valence-corrected chi connectivity index (χ3v) is 6.67. The summed E-state index contributed by atoms with van der Waals surface area (Å²) in [6, 6.07) is 13.2. The van der Waals surface area contributed by atoms with Gasteiger partial charge in [0, 0.05) is 10.7 Å². The summed E-state index contributed by atoms with van der Waals surface area (Å²) in [5, 5.41) is -1.64. The minimum absolute atomic E-state index is 0.446. The van der Waals surface area contributed by atoms with E-state index in [0.29, 0.717) is 22.0 Å². The number of hydrogen-bond acceptors (Lipinski definition) is 4. The van der Waals surface area contributed by atoms with E-state index in [4.69, 9.17) is 16.3 Å². The molecule has 3 rings (SSSR count). The summed E-state index contributed by atoms with van der Waals surface area (Å²) in [4.78, 5) is 13.9. The van der Waals surface area contributed by atoms with E-state index >= 15 is 0 Å². The van der Waals surface area contributed by atoms with Gasteiger partial charge in [-0.05, 0) is 48.9 Å². The SMILES string of the molecule is COc1ccc([C@@H]2N(c3ccc(Cl)cc3)C(=O)[C@H](C)S2(=O)=O)cc1. The summed E-state index contributed by atoms with van der Waals surface area (Å²) in [6.07, 6.45) is 0. The summed E-state index contributed by atoms with van der Waals surface area (Å²) < 4.78 is 30.7. The zero-order valence-electron chi connectivity index (χ0n) is 13.1. The molecule has 1 heterocycles. The van der Waals surface area contributed by atoms with Crippen LogP contribution in [0.3, 0.4) is 0 Å². The van der Waals surface area contributed by atoms with Gasteiger partial charge in [-0.25, -0.2) is 8.42 Å². The predicted molar refractivity (Wildman–Crippen MR) is 93.1 cm³/mol. The van der Waals surface area contributed by atoms with Crippen LogP contribution in [0, 0.1) is 0 Å². The highest BCUT2D eigenvalue weighted by Gasteiger charge is 2.51. The van der Waals surface area contributed by atoms with Gasteiger partial charge < -0.3 is 4.74 Å². The van der Waals surface area contributed by atoms with Gasteiger partial charge in [0.25, 0.3) is 0 Å². The van der Waals surface area contributed by atoms with Gasteiger partial charge in [0.1, 0.15) is 11.0 Å². The Kier molecular flexibility index (Phi) is 4.27. The fourth-order valence-electron chi connectivity index (χ4n) is 2.76. The lowest BCUT2D eigenvalue weighted by Crippen LogP contribution is -2.30. The Hall–Kier alpha value is -2.05. The van der Waals surface area contributed by atoms with E-state index in [1.54, 1.807) is 48.5 Å². The second-order valence-corrected chi connectivity index (χ2v) is 8.31. The fourth-order valence-corrected chi connectivity index (χ4v) is 4.73. The molecule has 2 aromatic rings. The summed E-state index contributed by atoms with van der Waals surface area (Å²) in [5.74, 6) is 0.171. The minimum Gasteiger partial charge on any atom is -0.497 e. The predicted octanol–water partition coefficient (Wildman–Crippen LogP) is 3.20. The molecule has 0 bridgehead atoms. The first-order valence-electron chi connectivity index (χ1n) is 7.31. The molecule has 24 heavy (non-hydrogen) atoms. The molecular weight excluding hydrogens is 350 g/mol. The molecule has 2 atom stereocenters. The van der Waals surface area contributed by atoms with Crippen molar-refractivity contribution in [2.45, 2.75) is 17.5 Å². The average Bonchev–Trinajstić information content (AvgIpc) is 2.76. The van der Waals surface area contributed by atoms with Gasteiger partial charge in [0.05, 0.1) is 7.11 Å². The molecule has 0 unspecified atom stereocenters. The molecule has 126 valence electrons. The van der Waals surface area contributed by atoms with Crippen LogP contribution in [0.2, 0.25) is 5.02 Å². The maximum Gasteiger partial charge on any atom is 0.246 e. The van der Waals surface area contributed by atoms with Crippen LogP contribution in [0.15, 0.2) is 48.5 Å². The Morgan fingerprint density at radius 3 is 2.17 bits per heavy atom. The molecule has 1 fully saturated rings. The summed E-state index contributed by atoms with van der Waals surface area (Å²) in [6.45, 7) is 1.42. The smallest absolute Gasteiger partial charge is 0.246 e. The van der Waals surface area contributed by atoms with Crippen LogP contribution in [0.1, 0.15) is 17.9 Å². The number of anilines is 1. The second-order valence-electron chi connectivity index (χ2n) is 5.54. The number of methoxy groups -OCH3 is 1. The van der Waals surface area contributed by atoms with Gasteiger partial charge in [-0.1, -0.05) is 23.7 Å². The van der Waals surface area contributed by atoms with Gasteiger partial charge in [0.15, 0.2) is 15.2 Å². The highest BCUT2D eigenvalue weighted by Crippen LogP contribution is 2.41. The Labute approximate surface area is 145 Å². The van der Waals surface area contributed by atoms with Crippen molar-refractivity contribution in [3.05, 3.63) is 59.1 Å². The van der Waals surface area contributed by atoms with Crippen molar-refractivity contribution in [2.75, 3.05) is 12.0 Å².